The number of carbonyl (C=O) groups excluding carboxylic acids is 2. The molecule has 0 radical (unpaired) electrons. The molecule has 10 heteroatoms. The Bertz CT molecular complexity index is 517. The number of aldehydes is 1. The Kier molecular flexibility index (Phi) is 27.5. The Balaban J connectivity index is 0. The van der Waals surface area contributed by atoms with Gasteiger partial charge in [-0.1, -0.05) is 26.8 Å². The highest BCUT2D eigenvalue weighted by molar-refractivity contribution is 5.79. The molecule has 0 aromatic rings. The monoisotopic (exact) mass is 505 g/mol. The second-order valence-corrected chi connectivity index (χ2v) is 8.04. The molecule has 0 aliphatic heterocycles. The molecule has 0 aliphatic rings. The van der Waals surface area contributed by atoms with E-state index in [-0.39, 0.29) is 18.2 Å². The van der Waals surface area contributed by atoms with Crippen LogP contribution < -0.4 is 10.6 Å². The molecule has 0 spiro atoms. The minimum Gasteiger partial charge on any atom is -0.379 e. The summed E-state index contributed by atoms with van der Waals surface area (Å²) in [5, 5.41) is 7.40. The molecule has 0 heterocycles. The van der Waals surface area contributed by atoms with Crippen molar-refractivity contribution < 1.29 is 33.4 Å². The summed E-state index contributed by atoms with van der Waals surface area (Å²) in [6.45, 7) is 15.0. The molecule has 0 saturated heterocycles. The Hall–Kier alpha value is -1.56. The van der Waals surface area contributed by atoms with Crippen LogP contribution in [-0.4, -0.2) is 103 Å². The first-order valence-electron chi connectivity index (χ1n) is 12.5. The van der Waals surface area contributed by atoms with Gasteiger partial charge in [-0.25, -0.2) is 0 Å². The van der Waals surface area contributed by atoms with E-state index in [0.717, 1.165) is 18.5 Å². The number of hydroxylamine groups is 2. The number of hydrogen-bond acceptors (Lipinski definition) is 9. The number of hydrogen-bond donors (Lipinski definition) is 2. The van der Waals surface area contributed by atoms with E-state index < -0.39 is 6.04 Å². The summed E-state index contributed by atoms with van der Waals surface area (Å²) in [5.74, 6) is -0.119. The zero-order valence-electron chi connectivity index (χ0n) is 23.1. The Labute approximate surface area is 213 Å². The van der Waals surface area contributed by atoms with Gasteiger partial charge in [-0.2, -0.15) is 0 Å². The molecule has 0 aliphatic carbocycles. The van der Waals surface area contributed by atoms with E-state index in [9.17, 15) is 9.59 Å². The molecule has 0 rings (SSSR count). The summed E-state index contributed by atoms with van der Waals surface area (Å²) in [7, 11) is 3.82. The van der Waals surface area contributed by atoms with Crippen LogP contribution in [0.2, 0.25) is 0 Å². The first-order valence-corrected chi connectivity index (χ1v) is 12.5. The van der Waals surface area contributed by atoms with Crippen LogP contribution >= 0.6 is 0 Å². The maximum Gasteiger partial charge on any atom is 0.222 e. The van der Waals surface area contributed by atoms with Crippen molar-refractivity contribution in [1.29, 1.82) is 0 Å². The molecule has 35 heavy (non-hydrogen) atoms. The van der Waals surface area contributed by atoms with Crippen LogP contribution in [0.5, 0.6) is 0 Å². The molecule has 2 N–H and O–H groups in total. The van der Waals surface area contributed by atoms with Crippen molar-refractivity contribution in [2.75, 3.05) is 80.1 Å². The molecule has 1 atom stereocenters. The lowest BCUT2D eigenvalue weighted by atomic mass is 10.1. The molecule has 10 nitrogen and oxygen atoms in total. The second kappa shape index (κ2) is 27.0. The van der Waals surface area contributed by atoms with E-state index in [2.05, 4.69) is 17.6 Å². The fourth-order valence-electron chi connectivity index (χ4n) is 2.31. The van der Waals surface area contributed by atoms with Gasteiger partial charge in [-0.3, -0.25) is 14.7 Å². The van der Waals surface area contributed by atoms with Crippen molar-refractivity contribution in [1.82, 2.24) is 15.7 Å². The highest BCUT2D eigenvalue weighted by Crippen LogP contribution is 2.00. The zero-order valence-corrected chi connectivity index (χ0v) is 23.1. The van der Waals surface area contributed by atoms with Gasteiger partial charge >= 0.3 is 0 Å². The Morgan fingerprint density at radius 1 is 0.914 bits per heavy atom. The van der Waals surface area contributed by atoms with Crippen LogP contribution in [0.1, 0.15) is 47.5 Å². The van der Waals surface area contributed by atoms with Gasteiger partial charge in [0.2, 0.25) is 5.91 Å². The van der Waals surface area contributed by atoms with Crippen LogP contribution in [0.3, 0.4) is 0 Å². The van der Waals surface area contributed by atoms with Crippen LogP contribution in [-0.2, 0) is 33.4 Å². The number of nitrogens with one attached hydrogen (secondary N) is 2. The number of carbonyl (C=O) groups is 2. The van der Waals surface area contributed by atoms with Gasteiger partial charge < -0.3 is 34.4 Å². The van der Waals surface area contributed by atoms with Crippen LogP contribution in [0.4, 0.5) is 0 Å². The normalized spacial score (nSPS) is 12.2. The number of ether oxygens (including phenoxy) is 4. The molecule has 0 aromatic heterocycles. The lowest BCUT2D eigenvalue weighted by Crippen LogP contribution is -2.40. The maximum atomic E-state index is 11.7. The first kappa shape index (κ1) is 35.6. The number of allylic oxidation sites excluding steroid dienone is 2. The van der Waals surface area contributed by atoms with Crippen molar-refractivity contribution in [2.45, 2.75) is 53.5 Å². The Morgan fingerprint density at radius 2 is 1.40 bits per heavy atom. The third kappa shape index (κ3) is 25.3. The molecule has 0 bridgehead atoms. The topological polar surface area (TPSA) is 108 Å². The van der Waals surface area contributed by atoms with Crippen LogP contribution in [0, 0.1) is 5.92 Å². The second-order valence-electron chi connectivity index (χ2n) is 8.04. The largest absolute Gasteiger partial charge is 0.379 e. The summed E-state index contributed by atoms with van der Waals surface area (Å²) >= 11 is 0. The van der Waals surface area contributed by atoms with E-state index in [1.54, 1.807) is 5.06 Å². The van der Waals surface area contributed by atoms with Gasteiger partial charge in [-0.05, 0) is 39.8 Å². The number of rotatable bonds is 22. The zero-order chi connectivity index (χ0) is 26.7. The van der Waals surface area contributed by atoms with E-state index in [0.29, 0.717) is 59.5 Å². The lowest BCUT2D eigenvalue weighted by Gasteiger charge is -2.18. The molecule has 0 fully saturated rings. The van der Waals surface area contributed by atoms with Crippen molar-refractivity contribution >= 4 is 12.2 Å². The fraction of sp³-hybridized carbons (Fsp3) is 0.840. The van der Waals surface area contributed by atoms with Crippen molar-refractivity contribution in [3.63, 3.8) is 0 Å². The van der Waals surface area contributed by atoms with Gasteiger partial charge in [0.15, 0.2) is 0 Å². The van der Waals surface area contributed by atoms with Crippen molar-refractivity contribution in [3.05, 3.63) is 11.8 Å². The number of nitrogens with zero attached hydrogens (tertiary/aromatic N) is 1. The quantitative estimate of drug-likeness (QED) is 0.130. The minimum atomic E-state index is -0.450. The highest BCUT2D eigenvalue weighted by Gasteiger charge is 2.14. The van der Waals surface area contributed by atoms with Gasteiger partial charge in [0.05, 0.1) is 65.5 Å². The first-order chi connectivity index (χ1) is 16.8. The summed E-state index contributed by atoms with van der Waals surface area (Å²) in [4.78, 5) is 28.0. The lowest BCUT2D eigenvalue weighted by molar-refractivity contribution is -0.128. The molecular formula is C25H51N3O7. The summed E-state index contributed by atoms with van der Waals surface area (Å²) < 4.78 is 21.6. The summed E-state index contributed by atoms with van der Waals surface area (Å²) in [5.41, 5.74) is 1.05. The molecule has 0 saturated carbocycles. The predicted octanol–water partition coefficient (Wildman–Crippen LogP) is 2.19. The highest BCUT2D eigenvalue weighted by atomic mass is 16.7. The molecular weight excluding hydrogens is 454 g/mol. The number of amides is 1. The molecule has 208 valence electrons. The van der Waals surface area contributed by atoms with E-state index in [1.165, 1.54) is 6.42 Å². The van der Waals surface area contributed by atoms with E-state index in [1.807, 2.05) is 47.9 Å². The van der Waals surface area contributed by atoms with Crippen LogP contribution in [0.25, 0.3) is 0 Å². The van der Waals surface area contributed by atoms with Gasteiger partial charge in [0.25, 0.3) is 0 Å². The average Bonchev–Trinajstić information content (AvgIpc) is 2.84. The van der Waals surface area contributed by atoms with Gasteiger partial charge in [0.1, 0.15) is 6.29 Å². The SMILES string of the molecule is CC=C(C)N(C)OCCOCCOCCOCCOCCC(=O)NC(C=O)C(C)C.CCCNC. The average molecular weight is 506 g/mol. The van der Waals surface area contributed by atoms with Gasteiger partial charge in [-0.15, -0.1) is 0 Å². The van der Waals surface area contributed by atoms with Gasteiger partial charge in [0, 0.05) is 19.2 Å². The van der Waals surface area contributed by atoms with E-state index >= 15 is 0 Å². The van der Waals surface area contributed by atoms with Crippen molar-refractivity contribution in [3.8, 4) is 0 Å². The molecule has 1 unspecified atom stereocenters. The predicted molar refractivity (Wildman–Crippen MR) is 138 cm³/mol. The standard InChI is InChI=1S/C21H40N2O7.C4H11N/c1-6-19(4)23(5)30-16-15-29-14-13-28-12-11-27-10-9-26-8-7-21(25)22-20(17-24)18(2)3;1-3-4-5-2/h6,17-18,20H,7-16H2,1-5H3,(H,22,25);5H,3-4H2,1-2H3. The Morgan fingerprint density at radius 3 is 1.77 bits per heavy atom. The molecule has 0 aromatic carbocycles. The third-order valence-electron chi connectivity index (χ3n) is 4.71. The van der Waals surface area contributed by atoms with E-state index in [4.69, 9.17) is 23.8 Å². The maximum absolute atomic E-state index is 11.7. The van der Waals surface area contributed by atoms with Crippen molar-refractivity contribution in [2.24, 2.45) is 5.92 Å². The third-order valence-corrected chi connectivity index (χ3v) is 4.71. The molecule has 1 amide bonds. The summed E-state index contributed by atoms with van der Waals surface area (Å²) in [6.07, 6.45) is 4.18. The summed E-state index contributed by atoms with van der Waals surface area (Å²) in [6, 6.07) is -0.450. The smallest absolute Gasteiger partial charge is 0.222 e. The fourth-order valence-corrected chi connectivity index (χ4v) is 2.31. The van der Waals surface area contributed by atoms with Crippen LogP contribution in [0.15, 0.2) is 11.8 Å². The minimum absolute atomic E-state index is 0.0723.